The Labute approximate surface area is 137 Å². The molecule has 0 amide bonds. The molecule has 0 aromatic heterocycles. The van der Waals surface area contributed by atoms with Crippen LogP contribution in [0.25, 0.3) is 0 Å². The maximum atomic E-state index is 12.3. The molecule has 0 heterocycles. The summed E-state index contributed by atoms with van der Waals surface area (Å²) in [4.78, 5) is 20.7. The van der Waals surface area contributed by atoms with Crippen molar-refractivity contribution < 1.29 is 23.2 Å². The minimum absolute atomic E-state index is 0.143. The number of hydrogen-bond donors (Lipinski definition) is 2. The summed E-state index contributed by atoms with van der Waals surface area (Å²) >= 11 is 5.67. The van der Waals surface area contributed by atoms with Crippen LogP contribution in [0.4, 0.5) is 5.69 Å². The number of hydrogen-bond acceptors (Lipinski definition) is 5. The van der Waals surface area contributed by atoms with Crippen molar-refractivity contribution in [1.82, 2.24) is 4.72 Å². The van der Waals surface area contributed by atoms with Gasteiger partial charge in [0.1, 0.15) is 5.02 Å². The Kier molecular flexibility index (Phi) is 5.23. The number of nitrogens with zero attached hydrogens (tertiary/aromatic N) is 1. The molecule has 2 rings (SSSR count). The number of sulfonamides is 1. The number of carbonyl (C=O) groups is 1. The van der Waals surface area contributed by atoms with Crippen molar-refractivity contribution in [2.75, 3.05) is 0 Å². The molecule has 0 radical (unpaired) electrons. The molecule has 1 aromatic carbocycles. The summed E-state index contributed by atoms with van der Waals surface area (Å²) < 4.78 is 27.1. The monoisotopic (exact) mass is 362 g/mol. The third-order valence-corrected chi connectivity index (χ3v) is 5.66. The van der Waals surface area contributed by atoms with Crippen LogP contribution in [-0.2, 0) is 14.8 Å². The number of rotatable bonds is 5. The van der Waals surface area contributed by atoms with Gasteiger partial charge in [0.05, 0.1) is 15.7 Å². The quantitative estimate of drug-likeness (QED) is 0.610. The van der Waals surface area contributed by atoms with E-state index in [1.165, 1.54) is 6.07 Å². The lowest BCUT2D eigenvalue weighted by Gasteiger charge is -2.26. The summed E-state index contributed by atoms with van der Waals surface area (Å²) in [5.41, 5.74) is -0.482. The molecule has 1 saturated carbocycles. The lowest BCUT2D eigenvalue weighted by molar-refractivity contribution is -0.384. The second kappa shape index (κ2) is 6.81. The van der Waals surface area contributed by atoms with Gasteiger partial charge in [0.2, 0.25) is 10.0 Å². The SMILES string of the molecule is O=C(O)C1CCC(NS(=O)(=O)c2ccc(Cl)c([N+](=O)[O-])c2)CC1. The van der Waals surface area contributed by atoms with E-state index in [9.17, 15) is 23.3 Å². The van der Waals surface area contributed by atoms with Gasteiger partial charge in [0, 0.05) is 12.1 Å². The van der Waals surface area contributed by atoms with Gasteiger partial charge in [-0.3, -0.25) is 14.9 Å². The summed E-state index contributed by atoms with van der Waals surface area (Å²) in [6.45, 7) is 0. The van der Waals surface area contributed by atoms with E-state index in [1.54, 1.807) is 0 Å². The van der Waals surface area contributed by atoms with Crippen LogP contribution in [-0.4, -0.2) is 30.5 Å². The van der Waals surface area contributed by atoms with Gasteiger partial charge in [0.15, 0.2) is 0 Å². The molecule has 0 aliphatic heterocycles. The first-order valence-electron chi connectivity index (χ1n) is 6.90. The number of aliphatic carboxylic acids is 1. The Morgan fingerprint density at radius 1 is 1.30 bits per heavy atom. The molecule has 2 N–H and O–H groups in total. The van der Waals surface area contributed by atoms with Crippen molar-refractivity contribution in [3.8, 4) is 0 Å². The van der Waals surface area contributed by atoms with Crippen LogP contribution in [0.5, 0.6) is 0 Å². The van der Waals surface area contributed by atoms with Gasteiger partial charge in [-0.05, 0) is 37.8 Å². The number of nitro benzene ring substituents is 1. The molecule has 1 aliphatic carbocycles. The molecule has 10 heteroatoms. The van der Waals surface area contributed by atoms with Crippen molar-refractivity contribution in [1.29, 1.82) is 0 Å². The number of carboxylic acids is 1. The van der Waals surface area contributed by atoms with E-state index in [-0.39, 0.29) is 16.0 Å². The van der Waals surface area contributed by atoms with E-state index in [1.807, 2.05) is 0 Å². The van der Waals surface area contributed by atoms with Crippen LogP contribution in [0.3, 0.4) is 0 Å². The Morgan fingerprint density at radius 2 is 1.91 bits per heavy atom. The fourth-order valence-electron chi connectivity index (χ4n) is 2.55. The number of carboxylic acid groups (broad SMARTS) is 1. The lowest BCUT2D eigenvalue weighted by Crippen LogP contribution is -2.38. The van der Waals surface area contributed by atoms with Crippen molar-refractivity contribution in [3.05, 3.63) is 33.3 Å². The van der Waals surface area contributed by atoms with Gasteiger partial charge < -0.3 is 5.11 Å². The van der Waals surface area contributed by atoms with Gasteiger partial charge in [-0.1, -0.05) is 11.6 Å². The average molecular weight is 363 g/mol. The van der Waals surface area contributed by atoms with E-state index in [0.717, 1.165) is 12.1 Å². The fraction of sp³-hybridized carbons (Fsp3) is 0.462. The van der Waals surface area contributed by atoms with Gasteiger partial charge in [-0.25, -0.2) is 13.1 Å². The highest BCUT2D eigenvalue weighted by Crippen LogP contribution is 2.29. The standard InChI is InChI=1S/C13H15ClN2O6S/c14-11-6-5-10(7-12(11)16(19)20)23(21,22)15-9-3-1-8(2-4-9)13(17)18/h5-9,15H,1-4H2,(H,17,18). The highest BCUT2D eigenvalue weighted by Gasteiger charge is 2.29. The molecule has 126 valence electrons. The Bertz CT molecular complexity index is 728. The van der Waals surface area contributed by atoms with Gasteiger partial charge in [-0.15, -0.1) is 0 Å². The summed E-state index contributed by atoms with van der Waals surface area (Å²) in [6, 6.07) is 2.88. The third-order valence-electron chi connectivity index (χ3n) is 3.82. The largest absolute Gasteiger partial charge is 0.481 e. The second-order valence-corrected chi connectivity index (χ2v) is 7.50. The topological polar surface area (TPSA) is 127 Å². The van der Waals surface area contributed by atoms with Crippen LogP contribution in [0, 0.1) is 16.0 Å². The maximum Gasteiger partial charge on any atom is 0.306 e. The summed E-state index contributed by atoms with van der Waals surface area (Å²) in [7, 11) is -3.93. The summed E-state index contributed by atoms with van der Waals surface area (Å²) in [6.07, 6.45) is 1.60. The smallest absolute Gasteiger partial charge is 0.306 e. The van der Waals surface area contributed by atoms with Crippen LogP contribution >= 0.6 is 11.6 Å². The number of halogens is 1. The molecule has 0 bridgehead atoms. The zero-order chi connectivity index (χ0) is 17.2. The first-order valence-corrected chi connectivity index (χ1v) is 8.76. The highest BCUT2D eigenvalue weighted by molar-refractivity contribution is 7.89. The average Bonchev–Trinajstić information content (AvgIpc) is 2.47. The Hall–Kier alpha value is -1.71. The fourth-order valence-corrected chi connectivity index (χ4v) is 4.06. The van der Waals surface area contributed by atoms with Crippen molar-refractivity contribution in [2.45, 2.75) is 36.6 Å². The van der Waals surface area contributed by atoms with Crippen LogP contribution < -0.4 is 4.72 Å². The molecular weight excluding hydrogens is 348 g/mol. The second-order valence-electron chi connectivity index (χ2n) is 5.38. The molecule has 8 nitrogen and oxygen atoms in total. The molecule has 0 unspecified atom stereocenters. The zero-order valence-corrected chi connectivity index (χ0v) is 13.5. The zero-order valence-electron chi connectivity index (χ0n) is 11.9. The first kappa shape index (κ1) is 17.6. The van der Waals surface area contributed by atoms with Gasteiger partial charge >= 0.3 is 5.97 Å². The highest BCUT2D eigenvalue weighted by atomic mass is 35.5. The minimum atomic E-state index is -3.93. The summed E-state index contributed by atoms with van der Waals surface area (Å²) in [5, 5.41) is 19.6. The predicted octanol–water partition coefficient (Wildman–Crippen LogP) is 2.17. The van der Waals surface area contributed by atoms with E-state index < -0.39 is 32.5 Å². The number of nitrogens with one attached hydrogen (secondary N) is 1. The van der Waals surface area contributed by atoms with E-state index in [0.29, 0.717) is 25.7 Å². The van der Waals surface area contributed by atoms with Gasteiger partial charge in [-0.2, -0.15) is 0 Å². The maximum absolute atomic E-state index is 12.3. The Morgan fingerprint density at radius 3 is 2.43 bits per heavy atom. The Balaban J connectivity index is 2.12. The third kappa shape index (κ3) is 4.18. The molecular formula is C13H15ClN2O6S. The molecule has 0 spiro atoms. The first-order chi connectivity index (χ1) is 10.7. The van der Waals surface area contributed by atoms with Crippen molar-refractivity contribution in [3.63, 3.8) is 0 Å². The number of benzene rings is 1. The van der Waals surface area contributed by atoms with Crippen LogP contribution in [0.15, 0.2) is 23.1 Å². The van der Waals surface area contributed by atoms with Crippen molar-refractivity contribution >= 4 is 33.3 Å². The molecule has 1 aliphatic rings. The minimum Gasteiger partial charge on any atom is -0.481 e. The normalized spacial score (nSPS) is 21.8. The molecule has 0 saturated heterocycles. The lowest BCUT2D eigenvalue weighted by atomic mass is 9.87. The van der Waals surface area contributed by atoms with Crippen LogP contribution in [0.1, 0.15) is 25.7 Å². The summed E-state index contributed by atoms with van der Waals surface area (Å²) in [5.74, 6) is -1.33. The van der Waals surface area contributed by atoms with Gasteiger partial charge in [0.25, 0.3) is 5.69 Å². The predicted molar refractivity (Wildman–Crippen MR) is 81.8 cm³/mol. The van der Waals surface area contributed by atoms with E-state index in [2.05, 4.69) is 4.72 Å². The molecule has 1 aromatic rings. The van der Waals surface area contributed by atoms with E-state index in [4.69, 9.17) is 16.7 Å². The van der Waals surface area contributed by atoms with E-state index >= 15 is 0 Å². The molecule has 0 atom stereocenters. The molecule has 1 fully saturated rings. The van der Waals surface area contributed by atoms with Crippen molar-refractivity contribution in [2.24, 2.45) is 5.92 Å². The van der Waals surface area contributed by atoms with Crippen LogP contribution in [0.2, 0.25) is 5.02 Å². The molecule has 23 heavy (non-hydrogen) atoms. The number of nitro groups is 1.